The molecule has 1 aromatic heterocycles. The van der Waals surface area contributed by atoms with Crippen molar-refractivity contribution in [1.29, 1.82) is 0 Å². The summed E-state index contributed by atoms with van der Waals surface area (Å²) in [5.74, 6) is 1.94. The molecule has 0 aliphatic carbocycles. The van der Waals surface area contributed by atoms with E-state index >= 15 is 0 Å². The molecule has 0 radical (unpaired) electrons. The van der Waals surface area contributed by atoms with Crippen molar-refractivity contribution in [3.8, 4) is 22.8 Å². The number of hydrogen-bond acceptors (Lipinski definition) is 7. The lowest BCUT2D eigenvalue weighted by atomic mass is 10.1. The number of rotatable bonds is 7. The summed E-state index contributed by atoms with van der Waals surface area (Å²) in [7, 11) is 3.18. The summed E-state index contributed by atoms with van der Waals surface area (Å²) in [6, 6.07) is 15.9. The Labute approximate surface area is 160 Å². The van der Waals surface area contributed by atoms with Crippen LogP contribution >= 0.6 is 11.8 Å². The zero-order valence-electron chi connectivity index (χ0n) is 14.8. The van der Waals surface area contributed by atoms with Crippen LogP contribution in [-0.4, -0.2) is 29.3 Å². The number of nitro benzene ring substituents is 1. The van der Waals surface area contributed by atoms with Crippen molar-refractivity contribution in [3.05, 3.63) is 70.3 Å². The number of benzene rings is 2. The Kier molecular flexibility index (Phi) is 5.87. The molecule has 7 nitrogen and oxygen atoms in total. The second-order valence-electron chi connectivity index (χ2n) is 5.54. The van der Waals surface area contributed by atoms with Crippen molar-refractivity contribution >= 4 is 17.4 Å². The fourth-order valence-corrected chi connectivity index (χ4v) is 3.19. The molecule has 8 heteroatoms. The van der Waals surface area contributed by atoms with Gasteiger partial charge >= 0.3 is 0 Å². The summed E-state index contributed by atoms with van der Waals surface area (Å²) in [6.45, 7) is 0. The maximum atomic E-state index is 10.7. The van der Waals surface area contributed by atoms with Crippen LogP contribution in [0.25, 0.3) is 11.3 Å². The van der Waals surface area contributed by atoms with Gasteiger partial charge in [0.2, 0.25) is 0 Å². The van der Waals surface area contributed by atoms with Crippen LogP contribution in [0.3, 0.4) is 0 Å². The molecule has 0 aliphatic rings. The SMILES string of the molecule is COc1ccc(-c2ccc(SCc3ccc([N+](=O)[O-])cc3)nn2)cc1OC. The third kappa shape index (κ3) is 4.53. The summed E-state index contributed by atoms with van der Waals surface area (Å²) >= 11 is 1.52. The molecule has 0 N–H and O–H groups in total. The Morgan fingerprint density at radius 2 is 1.70 bits per heavy atom. The number of nitrogens with zero attached hydrogens (tertiary/aromatic N) is 3. The van der Waals surface area contributed by atoms with E-state index in [4.69, 9.17) is 9.47 Å². The molecule has 0 aliphatic heterocycles. The second kappa shape index (κ2) is 8.50. The highest BCUT2D eigenvalue weighted by atomic mass is 32.2. The monoisotopic (exact) mass is 383 g/mol. The van der Waals surface area contributed by atoms with Gasteiger partial charge in [0.1, 0.15) is 5.03 Å². The number of nitro groups is 1. The Bertz CT molecular complexity index is 931. The smallest absolute Gasteiger partial charge is 0.269 e. The van der Waals surface area contributed by atoms with Gasteiger partial charge in [-0.25, -0.2) is 0 Å². The van der Waals surface area contributed by atoms with Crippen LogP contribution in [0.1, 0.15) is 5.56 Å². The van der Waals surface area contributed by atoms with Crippen LogP contribution < -0.4 is 9.47 Å². The van der Waals surface area contributed by atoms with Gasteiger partial charge in [-0.1, -0.05) is 23.9 Å². The number of thioether (sulfide) groups is 1. The van der Waals surface area contributed by atoms with Gasteiger partial charge in [-0.2, -0.15) is 0 Å². The first-order valence-corrected chi connectivity index (χ1v) is 9.01. The third-order valence-corrected chi connectivity index (χ3v) is 4.84. The minimum Gasteiger partial charge on any atom is -0.493 e. The van der Waals surface area contributed by atoms with Crippen LogP contribution in [0.5, 0.6) is 11.5 Å². The molecular formula is C19H17N3O4S. The van der Waals surface area contributed by atoms with Crippen molar-refractivity contribution in [2.45, 2.75) is 10.8 Å². The van der Waals surface area contributed by atoms with Crippen molar-refractivity contribution in [1.82, 2.24) is 10.2 Å². The molecule has 0 atom stereocenters. The standard InChI is InChI=1S/C19H17N3O4S/c1-25-17-9-5-14(11-18(17)26-2)16-8-10-19(21-20-16)27-12-13-3-6-15(7-4-13)22(23)24/h3-11H,12H2,1-2H3. The second-order valence-corrected chi connectivity index (χ2v) is 6.53. The molecule has 3 aromatic rings. The van der Waals surface area contributed by atoms with E-state index in [1.54, 1.807) is 26.4 Å². The lowest BCUT2D eigenvalue weighted by molar-refractivity contribution is -0.384. The van der Waals surface area contributed by atoms with Gasteiger partial charge in [0.25, 0.3) is 5.69 Å². The first-order chi connectivity index (χ1) is 13.1. The first-order valence-electron chi connectivity index (χ1n) is 8.03. The Hall–Kier alpha value is -3.13. The zero-order chi connectivity index (χ0) is 19.2. The highest BCUT2D eigenvalue weighted by Gasteiger charge is 2.09. The van der Waals surface area contributed by atoms with Gasteiger partial charge in [0.15, 0.2) is 11.5 Å². The minimum atomic E-state index is -0.407. The average Bonchev–Trinajstić information content (AvgIpc) is 2.72. The largest absolute Gasteiger partial charge is 0.493 e. The third-order valence-electron chi connectivity index (χ3n) is 3.85. The Morgan fingerprint density at radius 1 is 0.963 bits per heavy atom. The Morgan fingerprint density at radius 3 is 2.30 bits per heavy atom. The number of hydrogen-bond donors (Lipinski definition) is 0. The normalized spacial score (nSPS) is 10.4. The van der Waals surface area contributed by atoms with Gasteiger partial charge in [-0.15, -0.1) is 10.2 Å². The fourth-order valence-electron chi connectivity index (χ4n) is 2.42. The summed E-state index contributed by atoms with van der Waals surface area (Å²) in [5.41, 5.74) is 2.68. The molecule has 0 amide bonds. The van der Waals surface area contributed by atoms with E-state index < -0.39 is 4.92 Å². The molecular weight excluding hydrogens is 366 g/mol. The summed E-state index contributed by atoms with van der Waals surface area (Å²) < 4.78 is 10.6. The van der Waals surface area contributed by atoms with Gasteiger partial charge in [0, 0.05) is 23.4 Å². The summed E-state index contributed by atoms with van der Waals surface area (Å²) in [5, 5.41) is 20.0. The number of aromatic nitrogens is 2. The molecule has 1 heterocycles. The Balaban J connectivity index is 1.67. The van der Waals surface area contributed by atoms with Gasteiger partial charge in [-0.05, 0) is 35.9 Å². The quantitative estimate of drug-likeness (QED) is 0.340. The first kappa shape index (κ1) is 18.7. The highest BCUT2D eigenvalue weighted by Crippen LogP contribution is 2.32. The van der Waals surface area contributed by atoms with Crippen molar-refractivity contribution < 1.29 is 14.4 Å². The van der Waals surface area contributed by atoms with Crippen LogP contribution in [0.15, 0.2) is 59.6 Å². The predicted molar refractivity (Wildman–Crippen MR) is 103 cm³/mol. The molecule has 0 unspecified atom stereocenters. The molecule has 2 aromatic carbocycles. The van der Waals surface area contributed by atoms with Crippen LogP contribution in [0.2, 0.25) is 0 Å². The van der Waals surface area contributed by atoms with Crippen LogP contribution in [0.4, 0.5) is 5.69 Å². The topological polar surface area (TPSA) is 87.4 Å². The molecule has 0 saturated heterocycles. The maximum absolute atomic E-state index is 10.7. The van der Waals surface area contributed by atoms with E-state index in [1.165, 1.54) is 23.9 Å². The van der Waals surface area contributed by atoms with Gasteiger partial charge in [0.05, 0.1) is 24.8 Å². The van der Waals surface area contributed by atoms with E-state index in [0.29, 0.717) is 17.3 Å². The molecule has 27 heavy (non-hydrogen) atoms. The fraction of sp³-hybridized carbons (Fsp3) is 0.158. The molecule has 138 valence electrons. The zero-order valence-corrected chi connectivity index (χ0v) is 15.6. The molecule has 0 bridgehead atoms. The van der Waals surface area contributed by atoms with Crippen molar-refractivity contribution in [2.24, 2.45) is 0 Å². The molecule has 3 rings (SSSR count). The minimum absolute atomic E-state index is 0.0859. The van der Waals surface area contributed by atoms with E-state index in [-0.39, 0.29) is 5.69 Å². The van der Waals surface area contributed by atoms with E-state index in [0.717, 1.165) is 21.8 Å². The van der Waals surface area contributed by atoms with Gasteiger partial charge < -0.3 is 9.47 Å². The molecule has 0 fully saturated rings. The van der Waals surface area contributed by atoms with Crippen molar-refractivity contribution in [2.75, 3.05) is 14.2 Å². The number of methoxy groups -OCH3 is 2. The van der Waals surface area contributed by atoms with E-state index in [9.17, 15) is 10.1 Å². The van der Waals surface area contributed by atoms with Crippen LogP contribution in [0, 0.1) is 10.1 Å². The van der Waals surface area contributed by atoms with E-state index in [1.807, 2.05) is 30.3 Å². The van der Waals surface area contributed by atoms with E-state index in [2.05, 4.69) is 10.2 Å². The number of non-ortho nitro benzene ring substituents is 1. The average molecular weight is 383 g/mol. The maximum Gasteiger partial charge on any atom is 0.269 e. The number of ether oxygens (including phenoxy) is 2. The highest BCUT2D eigenvalue weighted by molar-refractivity contribution is 7.98. The lowest BCUT2D eigenvalue weighted by Gasteiger charge is -2.09. The molecule has 0 saturated carbocycles. The summed E-state index contributed by atoms with van der Waals surface area (Å²) in [6.07, 6.45) is 0. The van der Waals surface area contributed by atoms with Crippen LogP contribution in [-0.2, 0) is 5.75 Å². The molecule has 0 spiro atoms. The summed E-state index contributed by atoms with van der Waals surface area (Å²) in [4.78, 5) is 10.3. The van der Waals surface area contributed by atoms with Crippen molar-refractivity contribution in [3.63, 3.8) is 0 Å². The predicted octanol–water partition coefficient (Wildman–Crippen LogP) is 4.36. The lowest BCUT2D eigenvalue weighted by Crippen LogP contribution is -1.93. The van der Waals surface area contributed by atoms with Gasteiger partial charge in [-0.3, -0.25) is 10.1 Å².